The third-order valence-electron chi connectivity index (χ3n) is 10.9. The Labute approximate surface area is 331 Å². The maximum Gasteiger partial charge on any atom is 0.276 e. The normalized spacial score (nSPS) is 12.4. The van der Waals surface area contributed by atoms with Crippen molar-refractivity contribution in [3.8, 4) is 0 Å². The van der Waals surface area contributed by atoms with Crippen LogP contribution in [0.25, 0.3) is 21.5 Å². The predicted octanol–water partition coefficient (Wildman–Crippen LogP) is 12.8. The van der Waals surface area contributed by atoms with Crippen molar-refractivity contribution >= 4 is 38.8 Å². The third-order valence-corrected chi connectivity index (χ3v) is 10.9. The lowest BCUT2D eigenvalue weighted by Gasteiger charge is -2.32. The van der Waals surface area contributed by atoms with E-state index in [2.05, 4.69) is 41.8 Å². The molecule has 0 saturated heterocycles. The van der Waals surface area contributed by atoms with Crippen molar-refractivity contribution in [1.82, 2.24) is 10.6 Å². The summed E-state index contributed by atoms with van der Waals surface area (Å²) < 4.78 is 0. The van der Waals surface area contributed by atoms with E-state index >= 15 is 0 Å². The topological polar surface area (TPSA) is 127 Å². The molecule has 0 aromatic heterocycles. The smallest absolute Gasteiger partial charge is 0.276 e. The van der Waals surface area contributed by atoms with E-state index in [1.54, 1.807) is 0 Å². The van der Waals surface area contributed by atoms with E-state index in [0.29, 0.717) is 12.0 Å². The van der Waals surface area contributed by atoms with Crippen molar-refractivity contribution in [2.45, 2.75) is 128 Å². The number of non-ortho nitro benzene ring substituents is 2. The first kappa shape index (κ1) is 42.0. The number of unbranched alkanes of at least 4 members (excludes halogenated alkanes) is 14. The summed E-state index contributed by atoms with van der Waals surface area (Å²) in [7, 11) is 0. The fraction of sp³-hybridized carbons (Fsp3) is 0.426. The van der Waals surface area contributed by atoms with Crippen LogP contribution in [-0.4, -0.2) is 15.8 Å². The first-order valence-corrected chi connectivity index (χ1v) is 20.8. The van der Waals surface area contributed by atoms with E-state index < -0.39 is 21.9 Å². The Morgan fingerprint density at radius 3 is 1.46 bits per heavy atom. The molecule has 0 aliphatic carbocycles. The van der Waals surface area contributed by atoms with Crippen LogP contribution in [0, 0.1) is 20.2 Å². The Bertz CT molecular complexity index is 1990. The van der Waals surface area contributed by atoms with E-state index in [0.717, 1.165) is 58.0 Å². The number of carbonyl (C=O) groups excluding carboxylic acids is 1. The minimum atomic E-state index is -0.615. The molecule has 0 saturated carbocycles. The Balaban J connectivity index is 1.30. The first-order chi connectivity index (χ1) is 27.4. The number of fused-ring (bicyclic) bond motifs is 2. The number of nitrogens with one attached hydrogen (secondary N) is 2. The van der Waals surface area contributed by atoms with Gasteiger partial charge >= 0.3 is 0 Å². The summed E-state index contributed by atoms with van der Waals surface area (Å²) in [4.78, 5) is 36.2. The molecule has 9 nitrogen and oxygen atoms in total. The molecule has 1 amide bonds. The van der Waals surface area contributed by atoms with Gasteiger partial charge in [-0.05, 0) is 44.7 Å². The maximum absolute atomic E-state index is 13.9. The van der Waals surface area contributed by atoms with Gasteiger partial charge in [0.1, 0.15) is 0 Å². The highest BCUT2D eigenvalue weighted by atomic mass is 16.6. The molecule has 2 atom stereocenters. The molecule has 0 fully saturated rings. The molecule has 0 bridgehead atoms. The van der Waals surface area contributed by atoms with E-state index in [-0.39, 0.29) is 23.8 Å². The molecule has 56 heavy (non-hydrogen) atoms. The van der Waals surface area contributed by atoms with Gasteiger partial charge in [-0.25, -0.2) is 0 Å². The molecule has 5 rings (SSSR count). The van der Waals surface area contributed by atoms with Crippen LogP contribution in [-0.2, 0) is 11.3 Å². The van der Waals surface area contributed by atoms with Gasteiger partial charge in [0.05, 0.1) is 28.0 Å². The van der Waals surface area contributed by atoms with Crippen LogP contribution < -0.4 is 10.6 Å². The highest BCUT2D eigenvalue weighted by molar-refractivity contribution is 5.89. The van der Waals surface area contributed by atoms with Gasteiger partial charge in [0, 0.05) is 25.1 Å². The minimum Gasteiger partial charge on any atom is -0.347 e. The van der Waals surface area contributed by atoms with Crippen LogP contribution in [0.4, 0.5) is 11.4 Å². The zero-order valence-electron chi connectivity index (χ0n) is 32.9. The van der Waals surface area contributed by atoms with Crippen molar-refractivity contribution in [2.75, 3.05) is 0 Å². The van der Waals surface area contributed by atoms with Gasteiger partial charge < -0.3 is 10.6 Å². The number of benzene rings is 5. The number of nitro benzene ring substituents is 2. The van der Waals surface area contributed by atoms with Crippen molar-refractivity contribution in [1.29, 1.82) is 0 Å². The number of hydrogen-bond acceptors (Lipinski definition) is 6. The second-order valence-electron chi connectivity index (χ2n) is 15.1. The Morgan fingerprint density at radius 2 is 0.982 bits per heavy atom. The van der Waals surface area contributed by atoms with E-state index in [1.807, 2.05) is 60.7 Å². The molecule has 2 N–H and O–H groups in total. The summed E-state index contributed by atoms with van der Waals surface area (Å²) in [5.41, 5.74) is 1.58. The fourth-order valence-electron chi connectivity index (χ4n) is 7.89. The lowest BCUT2D eigenvalue weighted by Crippen LogP contribution is -2.38. The predicted molar refractivity (Wildman–Crippen MR) is 228 cm³/mol. The molecule has 296 valence electrons. The molecule has 5 aromatic carbocycles. The summed E-state index contributed by atoms with van der Waals surface area (Å²) in [5.74, 6) is -0.0457. The van der Waals surface area contributed by atoms with E-state index in [9.17, 15) is 25.0 Å². The summed E-state index contributed by atoms with van der Waals surface area (Å²) >= 11 is 0. The zero-order chi connectivity index (χ0) is 39.5. The minimum absolute atomic E-state index is 0.0457. The molecule has 0 spiro atoms. The van der Waals surface area contributed by atoms with Crippen molar-refractivity contribution < 1.29 is 14.6 Å². The van der Waals surface area contributed by atoms with E-state index in [1.165, 1.54) is 89.2 Å². The maximum atomic E-state index is 13.9. The van der Waals surface area contributed by atoms with Crippen LogP contribution in [0.5, 0.6) is 0 Å². The molecule has 0 aliphatic rings. The number of nitro groups is 2. The average Bonchev–Trinajstić information content (AvgIpc) is 3.21. The Kier molecular flexibility index (Phi) is 16.8. The van der Waals surface area contributed by atoms with Gasteiger partial charge in [0.2, 0.25) is 5.91 Å². The number of hydrogen-bond donors (Lipinski definition) is 2. The summed E-state index contributed by atoms with van der Waals surface area (Å²) in [6.45, 7) is 2.35. The molecular weight excluding hydrogens is 701 g/mol. The van der Waals surface area contributed by atoms with Crippen LogP contribution >= 0.6 is 0 Å². The highest BCUT2D eigenvalue weighted by Crippen LogP contribution is 2.37. The number of amides is 1. The van der Waals surface area contributed by atoms with Gasteiger partial charge in [-0.15, -0.1) is 0 Å². The Hall–Kier alpha value is -5.15. The molecule has 0 heterocycles. The molecule has 0 aliphatic heterocycles. The van der Waals surface area contributed by atoms with Gasteiger partial charge in [-0.2, -0.15) is 0 Å². The molecule has 0 radical (unpaired) electrons. The summed E-state index contributed by atoms with van der Waals surface area (Å²) in [5, 5.41) is 34.6. The van der Waals surface area contributed by atoms with Gasteiger partial charge in [0.25, 0.3) is 11.4 Å². The van der Waals surface area contributed by atoms with Crippen molar-refractivity contribution in [3.05, 3.63) is 140 Å². The SMILES string of the molecule is CCCCCCCCCCCCCCCCCC(=O)NC(c1cccc2ccccc12)C(NCc1cc([N+](=O)[O-])cc([N+](=O)[O-])c1)c1cccc2ccccc12. The lowest BCUT2D eigenvalue weighted by molar-refractivity contribution is -0.394. The van der Waals surface area contributed by atoms with Gasteiger partial charge in [0.15, 0.2) is 0 Å². The van der Waals surface area contributed by atoms with Crippen LogP contribution in [0.1, 0.15) is 138 Å². The number of carbonyl (C=O) groups is 1. The summed E-state index contributed by atoms with van der Waals surface area (Å²) in [6, 6.07) is 31.0. The second-order valence-corrected chi connectivity index (χ2v) is 15.1. The number of rotatable bonds is 25. The fourth-order valence-corrected chi connectivity index (χ4v) is 7.89. The molecule has 2 unspecified atom stereocenters. The molecule has 9 heteroatoms. The summed E-state index contributed by atoms with van der Waals surface area (Å²) in [6.07, 6.45) is 19.2. The third kappa shape index (κ3) is 12.4. The molecule has 5 aromatic rings. The van der Waals surface area contributed by atoms with Crippen LogP contribution in [0.2, 0.25) is 0 Å². The quantitative estimate of drug-likeness (QED) is 0.0346. The first-order valence-electron chi connectivity index (χ1n) is 20.8. The second kappa shape index (κ2) is 22.4. The van der Waals surface area contributed by atoms with Crippen LogP contribution in [0.15, 0.2) is 103 Å². The standard InChI is InChI=1S/C47H58N4O5/c1-2-3-4-5-6-7-8-9-10-11-12-13-14-15-16-31-45(52)49-47(44-30-22-26-38-24-18-20-28-42(38)44)46(43-29-21-25-37-23-17-19-27-41(37)43)48-35-36-32-39(50(53)54)34-40(33-36)51(55)56/h17-30,32-34,46-48H,2-16,31,35H2,1H3,(H,49,52). The average molecular weight is 759 g/mol. The van der Waals surface area contributed by atoms with Crippen molar-refractivity contribution in [2.24, 2.45) is 0 Å². The van der Waals surface area contributed by atoms with Crippen LogP contribution in [0.3, 0.4) is 0 Å². The lowest BCUT2D eigenvalue weighted by atomic mass is 9.87. The molecular formula is C47H58N4O5. The number of nitrogens with zero attached hydrogens (tertiary/aromatic N) is 2. The van der Waals surface area contributed by atoms with Gasteiger partial charge in [-0.3, -0.25) is 25.0 Å². The van der Waals surface area contributed by atoms with E-state index in [4.69, 9.17) is 0 Å². The zero-order valence-corrected chi connectivity index (χ0v) is 32.9. The highest BCUT2D eigenvalue weighted by Gasteiger charge is 2.29. The largest absolute Gasteiger partial charge is 0.347 e. The van der Waals surface area contributed by atoms with Gasteiger partial charge in [-0.1, -0.05) is 182 Å². The van der Waals surface area contributed by atoms with Crippen molar-refractivity contribution in [3.63, 3.8) is 0 Å². The Morgan fingerprint density at radius 1 is 0.554 bits per heavy atom. The monoisotopic (exact) mass is 758 g/mol.